The number of carbonyl (C=O) groups excluding carboxylic acids is 2. The average Bonchev–Trinajstić information content (AvgIpc) is 3.07. The number of amides is 1. The highest BCUT2D eigenvalue weighted by atomic mass is 16.5. The summed E-state index contributed by atoms with van der Waals surface area (Å²) in [7, 11) is 2.96. The Morgan fingerprint density at radius 2 is 1.69 bits per heavy atom. The fourth-order valence-electron chi connectivity index (χ4n) is 2.92. The van der Waals surface area contributed by atoms with Gasteiger partial charge in [-0.1, -0.05) is 0 Å². The summed E-state index contributed by atoms with van der Waals surface area (Å²) in [6, 6.07) is 14.2. The molecular weight excluding hydrogens is 334 g/mol. The summed E-state index contributed by atoms with van der Waals surface area (Å²) in [5, 5.41) is 0. The number of hydrogen-bond acceptors (Lipinski definition) is 5. The van der Waals surface area contributed by atoms with Crippen LogP contribution in [0.25, 0.3) is 0 Å². The van der Waals surface area contributed by atoms with Crippen LogP contribution in [0.15, 0.2) is 48.5 Å². The number of esters is 1. The van der Waals surface area contributed by atoms with Crippen LogP contribution in [0, 0.1) is 5.92 Å². The van der Waals surface area contributed by atoms with Gasteiger partial charge in [-0.3, -0.25) is 4.79 Å². The molecule has 1 unspecified atom stereocenters. The van der Waals surface area contributed by atoms with E-state index >= 15 is 0 Å². The summed E-state index contributed by atoms with van der Waals surface area (Å²) in [4.78, 5) is 25.5. The Balaban J connectivity index is 1.56. The van der Waals surface area contributed by atoms with Crippen molar-refractivity contribution in [3.05, 3.63) is 54.1 Å². The monoisotopic (exact) mass is 355 g/mol. The highest BCUT2D eigenvalue weighted by Crippen LogP contribution is 2.27. The molecule has 1 fully saturated rings. The molecule has 0 aliphatic carbocycles. The van der Waals surface area contributed by atoms with E-state index in [1.54, 1.807) is 36.3 Å². The van der Waals surface area contributed by atoms with Crippen LogP contribution in [-0.4, -0.2) is 39.2 Å². The molecule has 26 heavy (non-hydrogen) atoms. The van der Waals surface area contributed by atoms with Crippen molar-refractivity contribution in [2.45, 2.75) is 6.42 Å². The Morgan fingerprint density at radius 1 is 1.04 bits per heavy atom. The first-order valence-electron chi connectivity index (χ1n) is 8.36. The third-order valence-electron chi connectivity index (χ3n) is 4.35. The fourth-order valence-corrected chi connectivity index (χ4v) is 2.92. The van der Waals surface area contributed by atoms with E-state index < -0.39 is 0 Å². The summed E-state index contributed by atoms with van der Waals surface area (Å²) >= 11 is 0. The Morgan fingerprint density at radius 3 is 2.31 bits per heavy atom. The van der Waals surface area contributed by atoms with Gasteiger partial charge in [0, 0.05) is 24.6 Å². The molecule has 0 spiro atoms. The number of rotatable bonds is 6. The quantitative estimate of drug-likeness (QED) is 0.746. The van der Waals surface area contributed by atoms with Crippen LogP contribution >= 0.6 is 0 Å². The highest BCUT2D eigenvalue weighted by Gasteiger charge is 2.31. The van der Waals surface area contributed by atoms with Crippen LogP contribution in [0.5, 0.6) is 11.5 Å². The molecule has 0 aromatic heterocycles. The number of carbonyl (C=O) groups is 2. The van der Waals surface area contributed by atoms with Crippen molar-refractivity contribution in [3.63, 3.8) is 0 Å². The van der Waals surface area contributed by atoms with Gasteiger partial charge < -0.3 is 19.1 Å². The average molecular weight is 355 g/mol. The topological polar surface area (TPSA) is 65.1 Å². The van der Waals surface area contributed by atoms with E-state index in [2.05, 4.69) is 4.74 Å². The van der Waals surface area contributed by atoms with Crippen LogP contribution in [-0.2, 0) is 9.53 Å². The number of hydrogen-bond donors (Lipinski definition) is 0. The fraction of sp³-hybridized carbons (Fsp3) is 0.300. The molecule has 6 heteroatoms. The molecule has 1 amide bonds. The van der Waals surface area contributed by atoms with Crippen LogP contribution < -0.4 is 14.4 Å². The Labute approximate surface area is 152 Å². The summed E-state index contributed by atoms with van der Waals surface area (Å²) < 4.78 is 15.6. The lowest BCUT2D eigenvalue weighted by Crippen LogP contribution is -2.25. The maximum atomic E-state index is 12.3. The highest BCUT2D eigenvalue weighted by molar-refractivity contribution is 5.95. The van der Waals surface area contributed by atoms with Gasteiger partial charge in [-0.2, -0.15) is 0 Å². The lowest BCUT2D eigenvalue weighted by Gasteiger charge is -2.17. The standard InChI is InChI=1S/C20H21NO5/c1-24-17-9-5-16(6-10-17)21-12-14(11-19(21)22)13-26-18-7-3-15(4-8-18)20(23)25-2/h3-10,14H,11-13H2,1-2H3. The van der Waals surface area contributed by atoms with E-state index in [-0.39, 0.29) is 17.8 Å². The SMILES string of the molecule is COC(=O)c1ccc(OCC2CC(=O)N(c3ccc(OC)cc3)C2)cc1. The Kier molecular flexibility index (Phi) is 5.41. The van der Waals surface area contributed by atoms with Gasteiger partial charge in [0.2, 0.25) is 5.91 Å². The van der Waals surface area contributed by atoms with E-state index in [4.69, 9.17) is 9.47 Å². The molecule has 136 valence electrons. The zero-order valence-corrected chi connectivity index (χ0v) is 14.8. The predicted octanol–water partition coefficient (Wildman–Crippen LogP) is 2.91. The number of ether oxygens (including phenoxy) is 3. The van der Waals surface area contributed by atoms with Gasteiger partial charge in [-0.15, -0.1) is 0 Å². The summed E-state index contributed by atoms with van der Waals surface area (Å²) in [6.07, 6.45) is 0.451. The van der Waals surface area contributed by atoms with Gasteiger partial charge >= 0.3 is 5.97 Å². The number of nitrogens with zero attached hydrogens (tertiary/aromatic N) is 1. The van der Waals surface area contributed by atoms with Crippen molar-refractivity contribution in [3.8, 4) is 11.5 Å². The number of anilines is 1. The second-order valence-electron chi connectivity index (χ2n) is 6.10. The molecule has 2 aromatic carbocycles. The molecule has 0 radical (unpaired) electrons. The molecule has 2 aromatic rings. The van der Waals surface area contributed by atoms with E-state index in [1.165, 1.54) is 7.11 Å². The summed E-state index contributed by atoms with van der Waals surface area (Å²) in [6.45, 7) is 1.06. The van der Waals surface area contributed by atoms with Crippen LogP contribution in [0.3, 0.4) is 0 Å². The first-order valence-corrected chi connectivity index (χ1v) is 8.36. The first-order chi connectivity index (χ1) is 12.6. The zero-order chi connectivity index (χ0) is 18.5. The molecule has 1 saturated heterocycles. The second kappa shape index (κ2) is 7.91. The summed E-state index contributed by atoms with van der Waals surface area (Å²) in [5.74, 6) is 1.24. The largest absolute Gasteiger partial charge is 0.497 e. The molecular formula is C20H21NO5. The second-order valence-corrected chi connectivity index (χ2v) is 6.10. The van der Waals surface area contributed by atoms with Crippen molar-refractivity contribution in [2.75, 3.05) is 32.3 Å². The Bertz CT molecular complexity index is 770. The maximum absolute atomic E-state index is 12.3. The summed E-state index contributed by atoms with van der Waals surface area (Å²) in [5.41, 5.74) is 1.34. The third-order valence-corrected chi connectivity index (χ3v) is 4.35. The van der Waals surface area contributed by atoms with Gasteiger partial charge in [0.1, 0.15) is 11.5 Å². The first kappa shape index (κ1) is 17.8. The number of methoxy groups -OCH3 is 2. The van der Waals surface area contributed by atoms with Gasteiger partial charge in [-0.25, -0.2) is 4.79 Å². The van der Waals surface area contributed by atoms with Crippen LogP contribution in [0.1, 0.15) is 16.8 Å². The smallest absolute Gasteiger partial charge is 0.337 e. The van der Waals surface area contributed by atoms with E-state index in [0.717, 1.165) is 11.4 Å². The van der Waals surface area contributed by atoms with Crippen molar-refractivity contribution in [1.82, 2.24) is 0 Å². The van der Waals surface area contributed by atoms with Gasteiger partial charge in [0.05, 0.1) is 26.4 Å². The van der Waals surface area contributed by atoms with E-state index in [0.29, 0.717) is 30.9 Å². The lowest BCUT2D eigenvalue weighted by atomic mass is 10.1. The van der Waals surface area contributed by atoms with Gasteiger partial charge in [-0.05, 0) is 48.5 Å². The molecule has 0 bridgehead atoms. The zero-order valence-electron chi connectivity index (χ0n) is 14.8. The van der Waals surface area contributed by atoms with Crippen LogP contribution in [0.4, 0.5) is 5.69 Å². The van der Waals surface area contributed by atoms with Crippen molar-refractivity contribution in [2.24, 2.45) is 5.92 Å². The van der Waals surface area contributed by atoms with Gasteiger partial charge in [0.15, 0.2) is 0 Å². The van der Waals surface area contributed by atoms with E-state index in [1.807, 2.05) is 24.3 Å². The molecule has 0 saturated carbocycles. The lowest BCUT2D eigenvalue weighted by molar-refractivity contribution is -0.117. The minimum Gasteiger partial charge on any atom is -0.497 e. The van der Waals surface area contributed by atoms with Crippen LogP contribution in [0.2, 0.25) is 0 Å². The van der Waals surface area contributed by atoms with Crippen molar-refractivity contribution < 1.29 is 23.8 Å². The molecule has 1 heterocycles. The molecule has 3 rings (SSSR count). The van der Waals surface area contributed by atoms with Crippen molar-refractivity contribution >= 4 is 17.6 Å². The number of benzene rings is 2. The van der Waals surface area contributed by atoms with E-state index in [9.17, 15) is 9.59 Å². The molecule has 1 atom stereocenters. The Hall–Kier alpha value is -3.02. The van der Waals surface area contributed by atoms with Gasteiger partial charge in [0.25, 0.3) is 0 Å². The molecule has 0 N–H and O–H groups in total. The molecule has 6 nitrogen and oxygen atoms in total. The molecule has 1 aliphatic rings. The normalized spacial score (nSPS) is 16.5. The minimum atomic E-state index is -0.381. The predicted molar refractivity (Wildman–Crippen MR) is 96.7 cm³/mol. The van der Waals surface area contributed by atoms with Crippen molar-refractivity contribution in [1.29, 1.82) is 0 Å². The third kappa shape index (κ3) is 3.96. The maximum Gasteiger partial charge on any atom is 0.337 e. The minimum absolute atomic E-state index is 0.0878. The molecule has 1 aliphatic heterocycles.